The summed E-state index contributed by atoms with van der Waals surface area (Å²) in [4.78, 5) is 49.2. The van der Waals surface area contributed by atoms with Crippen molar-refractivity contribution < 1.29 is 23.9 Å². The smallest absolute Gasteiger partial charge is 0.339 e. The van der Waals surface area contributed by atoms with Crippen LogP contribution >= 0.6 is 0 Å². The van der Waals surface area contributed by atoms with Crippen LogP contribution in [0.2, 0.25) is 0 Å². The van der Waals surface area contributed by atoms with Crippen molar-refractivity contribution in [3.05, 3.63) is 107 Å². The highest BCUT2D eigenvalue weighted by Gasteiger charge is 2.27. The van der Waals surface area contributed by atoms with Crippen LogP contribution in [0.1, 0.15) is 37.9 Å². The van der Waals surface area contributed by atoms with E-state index in [4.69, 9.17) is 4.74 Å². The van der Waals surface area contributed by atoms with Gasteiger partial charge in [-0.3, -0.25) is 14.9 Å². The number of ether oxygens (including phenoxy) is 1. The topological polar surface area (TPSA) is 102 Å². The average molecular weight is 416 g/mol. The van der Waals surface area contributed by atoms with Gasteiger partial charge >= 0.3 is 12.0 Å². The molecule has 3 amide bonds. The van der Waals surface area contributed by atoms with Crippen molar-refractivity contribution in [3.8, 4) is 0 Å². The Bertz CT molecular complexity index is 1080. The molecule has 0 heterocycles. The van der Waals surface area contributed by atoms with Crippen LogP contribution in [0.15, 0.2) is 84.9 Å². The van der Waals surface area contributed by atoms with E-state index in [0.29, 0.717) is 16.7 Å². The number of urea groups is 1. The van der Waals surface area contributed by atoms with E-state index in [1.165, 1.54) is 31.3 Å². The van der Waals surface area contributed by atoms with Gasteiger partial charge in [-0.2, -0.15) is 0 Å². The minimum absolute atomic E-state index is 0.165. The predicted molar refractivity (Wildman–Crippen MR) is 114 cm³/mol. The van der Waals surface area contributed by atoms with Crippen molar-refractivity contribution in [2.24, 2.45) is 0 Å². The summed E-state index contributed by atoms with van der Waals surface area (Å²) in [7, 11) is 1.37. The van der Waals surface area contributed by atoms with Crippen molar-refractivity contribution >= 4 is 23.7 Å². The predicted octanol–water partition coefficient (Wildman–Crippen LogP) is 3.27. The lowest BCUT2D eigenvalue weighted by molar-refractivity contribution is -0.129. The van der Waals surface area contributed by atoms with Crippen molar-refractivity contribution in [2.45, 2.75) is 6.10 Å². The van der Waals surface area contributed by atoms with Gasteiger partial charge in [-0.25, -0.2) is 9.59 Å². The molecule has 0 radical (unpaired) electrons. The summed E-state index contributed by atoms with van der Waals surface area (Å²) in [5.74, 6) is -1.72. The number of esters is 1. The van der Waals surface area contributed by atoms with Crippen molar-refractivity contribution in [1.82, 2.24) is 10.6 Å². The molecule has 7 heteroatoms. The third-order valence-corrected chi connectivity index (χ3v) is 4.45. The number of hydrogen-bond acceptors (Lipinski definition) is 5. The van der Waals surface area contributed by atoms with E-state index >= 15 is 0 Å². The zero-order valence-electron chi connectivity index (χ0n) is 16.7. The zero-order chi connectivity index (χ0) is 22.2. The summed E-state index contributed by atoms with van der Waals surface area (Å²) in [5.41, 5.74) is 1.53. The molecule has 0 aliphatic heterocycles. The summed E-state index contributed by atoms with van der Waals surface area (Å²) in [6, 6.07) is 22.4. The van der Waals surface area contributed by atoms with E-state index in [1.54, 1.807) is 54.6 Å². The Kier molecular flexibility index (Phi) is 6.90. The van der Waals surface area contributed by atoms with E-state index in [9.17, 15) is 19.2 Å². The Hall–Kier alpha value is -4.26. The van der Waals surface area contributed by atoms with E-state index in [2.05, 4.69) is 10.6 Å². The second kappa shape index (κ2) is 9.98. The van der Waals surface area contributed by atoms with Gasteiger partial charge in [0.15, 0.2) is 5.78 Å². The van der Waals surface area contributed by atoms with Gasteiger partial charge in [0.05, 0.1) is 5.56 Å². The molecule has 0 unspecified atom stereocenters. The van der Waals surface area contributed by atoms with Gasteiger partial charge in [-0.15, -0.1) is 0 Å². The molecule has 0 saturated heterocycles. The molecule has 0 aromatic heterocycles. The van der Waals surface area contributed by atoms with Crippen LogP contribution in [0.5, 0.6) is 0 Å². The lowest BCUT2D eigenvalue weighted by Gasteiger charge is -2.17. The van der Waals surface area contributed by atoms with Crippen LogP contribution in [0.25, 0.3) is 0 Å². The highest BCUT2D eigenvalue weighted by atomic mass is 16.5. The molecule has 7 nitrogen and oxygen atoms in total. The summed E-state index contributed by atoms with van der Waals surface area (Å²) in [6.07, 6.45) is -1.32. The van der Waals surface area contributed by atoms with E-state index < -0.39 is 24.0 Å². The Balaban J connectivity index is 1.77. The molecule has 0 fully saturated rings. The molecule has 3 rings (SSSR count). The normalized spacial score (nSPS) is 11.1. The van der Waals surface area contributed by atoms with Crippen LogP contribution in [0.4, 0.5) is 4.79 Å². The van der Waals surface area contributed by atoms with Crippen LogP contribution in [-0.4, -0.2) is 30.7 Å². The maximum atomic E-state index is 12.7. The number of imide groups is 1. The molecular weight excluding hydrogens is 396 g/mol. The van der Waals surface area contributed by atoms with Crippen LogP contribution in [0, 0.1) is 0 Å². The summed E-state index contributed by atoms with van der Waals surface area (Å²) >= 11 is 0. The van der Waals surface area contributed by atoms with Gasteiger partial charge < -0.3 is 10.1 Å². The quantitative estimate of drug-likeness (QED) is 0.474. The molecule has 1 atom stereocenters. The number of hydrogen-bond donors (Lipinski definition) is 2. The molecule has 2 N–H and O–H groups in total. The molecule has 0 aliphatic carbocycles. The molecule has 0 saturated carbocycles. The number of benzene rings is 3. The Labute approximate surface area is 179 Å². The molecule has 3 aromatic rings. The van der Waals surface area contributed by atoms with Gasteiger partial charge in [0, 0.05) is 23.7 Å². The first-order valence-corrected chi connectivity index (χ1v) is 9.48. The number of amides is 3. The highest BCUT2D eigenvalue weighted by Crippen LogP contribution is 2.20. The third kappa shape index (κ3) is 5.42. The number of nitrogens with one attached hydrogen (secondary N) is 2. The van der Waals surface area contributed by atoms with Crippen LogP contribution in [-0.2, 0) is 9.53 Å². The molecule has 0 spiro atoms. The van der Waals surface area contributed by atoms with Crippen molar-refractivity contribution in [3.63, 3.8) is 0 Å². The van der Waals surface area contributed by atoms with Crippen molar-refractivity contribution in [2.75, 3.05) is 7.05 Å². The lowest BCUT2D eigenvalue weighted by Crippen LogP contribution is -2.41. The lowest BCUT2D eigenvalue weighted by atomic mass is 10.0. The number of carbonyl (C=O) groups excluding carboxylic acids is 4. The third-order valence-electron chi connectivity index (χ3n) is 4.45. The van der Waals surface area contributed by atoms with Gasteiger partial charge in [0.2, 0.25) is 6.10 Å². The average Bonchev–Trinajstić information content (AvgIpc) is 2.82. The minimum Gasteiger partial charge on any atom is -0.444 e. The maximum absolute atomic E-state index is 12.7. The molecular formula is C24H20N2O5. The first-order valence-electron chi connectivity index (χ1n) is 9.48. The van der Waals surface area contributed by atoms with E-state index in [0.717, 1.165) is 0 Å². The fraction of sp³-hybridized carbons (Fsp3) is 0.0833. The highest BCUT2D eigenvalue weighted by molar-refractivity contribution is 6.09. The Morgan fingerprint density at radius 2 is 1.23 bits per heavy atom. The number of ketones is 1. The minimum atomic E-state index is -1.32. The second-order valence-corrected chi connectivity index (χ2v) is 6.54. The first kappa shape index (κ1) is 21.4. The van der Waals surface area contributed by atoms with Gasteiger partial charge in [0.1, 0.15) is 0 Å². The second-order valence-electron chi connectivity index (χ2n) is 6.54. The molecule has 0 aliphatic rings. The molecule has 3 aromatic carbocycles. The van der Waals surface area contributed by atoms with Gasteiger partial charge in [-0.05, 0) is 12.1 Å². The van der Waals surface area contributed by atoms with E-state index in [1.807, 2.05) is 6.07 Å². The summed E-state index contributed by atoms with van der Waals surface area (Å²) < 4.78 is 5.40. The van der Waals surface area contributed by atoms with Crippen LogP contribution in [0.3, 0.4) is 0 Å². The maximum Gasteiger partial charge on any atom is 0.339 e. The van der Waals surface area contributed by atoms with Gasteiger partial charge in [0.25, 0.3) is 5.91 Å². The fourth-order valence-electron chi connectivity index (χ4n) is 2.83. The Morgan fingerprint density at radius 1 is 0.710 bits per heavy atom. The largest absolute Gasteiger partial charge is 0.444 e. The van der Waals surface area contributed by atoms with E-state index in [-0.39, 0.29) is 11.3 Å². The monoisotopic (exact) mass is 416 g/mol. The molecule has 0 bridgehead atoms. The fourth-order valence-corrected chi connectivity index (χ4v) is 2.83. The number of rotatable bonds is 6. The molecule has 31 heavy (non-hydrogen) atoms. The summed E-state index contributed by atoms with van der Waals surface area (Å²) in [5, 5.41) is 4.39. The zero-order valence-corrected chi connectivity index (χ0v) is 16.7. The first-order chi connectivity index (χ1) is 15.0. The van der Waals surface area contributed by atoms with Crippen LogP contribution < -0.4 is 10.6 Å². The Morgan fingerprint density at radius 3 is 1.81 bits per heavy atom. The number of carbonyl (C=O) groups is 4. The standard InChI is InChI=1S/C24H20N2O5/c1-25-24(30)26-22(28)21(18-10-6-3-7-11-18)31-23(29)19-14-12-17(13-15-19)20(27)16-8-4-2-5-9-16/h2-15,21H,1H3,(H2,25,26,28,30)/t21-/m0/s1. The SMILES string of the molecule is CNC(=O)NC(=O)[C@@H](OC(=O)c1ccc(C(=O)c2ccccc2)cc1)c1ccccc1. The molecule has 156 valence electrons. The van der Waals surface area contributed by atoms with Crippen molar-refractivity contribution in [1.29, 1.82) is 0 Å². The van der Waals surface area contributed by atoms with Gasteiger partial charge in [-0.1, -0.05) is 72.8 Å². The summed E-state index contributed by atoms with van der Waals surface area (Å²) in [6.45, 7) is 0.